The predicted molar refractivity (Wildman–Crippen MR) is 109 cm³/mol. The number of hydrogen-bond donors (Lipinski definition) is 0. The van der Waals surface area contributed by atoms with Gasteiger partial charge < -0.3 is 14.4 Å². The highest BCUT2D eigenvalue weighted by Crippen LogP contribution is 2.52. The molecule has 1 atom stereocenters. The van der Waals surface area contributed by atoms with E-state index < -0.39 is 0 Å². The van der Waals surface area contributed by atoms with Crippen LogP contribution in [0.1, 0.15) is 53.2 Å². The average molecular weight is 380 g/mol. The second kappa shape index (κ2) is 7.12. The first kappa shape index (κ1) is 18.8. The highest BCUT2D eigenvalue weighted by molar-refractivity contribution is 5.92. The van der Waals surface area contributed by atoms with Gasteiger partial charge in [0.25, 0.3) is 5.91 Å². The Balaban J connectivity index is 1.53. The van der Waals surface area contributed by atoms with Crippen molar-refractivity contribution < 1.29 is 9.59 Å². The van der Waals surface area contributed by atoms with Crippen LogP contribution in [0.2, 0.25) is 0 Å². The van der Waals surface area contributed by atoms with E-state index in [2.05, 4.69) is 24.3 Å². The summed E-state index contributed by atoms with van der Waals surface area (Å²) in [5.41, 5.74) is 3.58. The van der Waals surface area contributed by atoms with E-state index in [1.54, 1.807) is 4.90 Å². The third kappa shape index (κ3) is 3.13. The van der Waals surface area contributed by atoms with Gasteiger partial charge in [0.15, 0.2) is 0 Å². The lowest BCUT2D eigenvalue weighted by atomic mass is 9.73. The Morgan fingerprint density at radius 1 is 1.11 bits per heavy atom. The van der Waals surface area contributed by atoms with Crippen molar-refractivity contribution in [2.24, 2.45) is 7.05 Å². The maximum absolute atomic E-state index is 12.9. The van der Waals surface area contributed by atoms with Crippen molar-refractivity contribution in [3.8, 4) is 0 Å². The van der Waals surface area contributed by atoms with Gasteiger partial charge >= 0.3 is 0 Å². The van der Waals surface area contributed by atoms with Gasteiger partial charge in [-0.1, -0.05) is 24.3 Å². The minimum atomic E-state index is 0.0961. The van der Waals surface area contributed by atoms with Crippen LogP contribution in [0.3, 0.4) is 0 Å². The molecule has 0 radical (unpaired) electrons. The summed E-state index contributed by atoms with van der Waals surface area (Å²) in [5, 5.41) is 0. The molecule has 5 heteroatoms. The molecule has 5 nitrogen and oxygen atoms in total. The van der Waals surface area contributed by atoms with Crippen LogP contribution in [0, 0.1) is 0 Å². The molecule has 0 unspecified atom stereocenters. The Kier molecular flexibility index (Phi) is 4.77. The Hall–Kier alpha value is -2.56. The number of piperidine rings is 1. The Bertz CT molecular complexity index is 891. The van der Waals surface area contributed by atoms with Gasteiger partial charge in [0.05, 0.1) is 0 Å². The first-order valence-corrected chi connectivity index (χ1v) is 10.1. The van der Waals surface area contributed by atoms with E-state index in [0.717, 1.165) is 38.0 Å². The minimum Gasteiger partial charge on any atom is -0.349 e. The molecule has 1 aliphatic carbocycles. The van der Waals surface area contributed by atoms with Crippen molar-refractivity contribution >= 4 is 11.8 Å². The van der Waals surface area contributed by atoms with Crippen LogP contribution >= 0.6 is 0 Å². The van der Waals surface area contributed by atoms with E-state index in [-0.39, 0.29) is 23.1 Å². The van der Waals surface area contributed by atoms with Gasteiger partial charge in [0.2, 0.25) is 5.91 Å². The highest BCUT2D eigenvalue weighted by Gasteiger charge is 2.46. The number of carbonyl (C=O) groups is 2. The fourth-order valence-corrected chi connectivity index (χ4v) is 5.06. The lowest BCUT2D eigenvalue weighted by molar-refractivity contribution is -0.129. The summed E-state index contributed by atoms with van der Waals surface area (Å²) in [4.78, 5) is 28.9. The van der Waals surface area contributed by atoms with Crippen LogP contribution in [0.15, 0.2) is 42.6 Å². The molecule has 0 saturated carbocycles. The van der Waals surface area contributed by atoms with Crippen LogP contribution in [-0.2, 0) is 17.3 Å². The molecule has 28 heavy (non-hydrogen) atoms. The third-order valence-electron chi connectivity index (χ3n) is 6.70. The van der Waals surface area contributed by atoms with Crippen molar-refractivity contribution in [1.29, 1.82) is 0 Å². The van der Waals surface area contributed by atoms with Crippen LogP contribution in [0.5, 0.6) is 0 Å². The molecule has 1 aromatic heterocycles. The summed E-state index contributed by atoms with van der Waals surface area (Å²) >= 11 is 0. The standard InChI is InChI=1S/C23H29N3O2/c1-24(2)21(27)15-17-16-23(19-8-5-4-7-18(17)19)10-13-26(14-11-23)22(28)20-9-6-12-25(20)3/h4-9,12,17H,10-11,13-16H2,1-3H3/t17-/m0/s1. The fourth-order valence-electron chi connectivity index (χ4n) is 5.06. The van der Waals surface area contributed by atoms with E-state index in [1.807, 2.05) is 48.9 Å². The van der Waals surface area contributed by atoms with Gasteiger partial charge in [-0.3, -0.25) is 9.59 Å². The number of carbonyl (C=O) groups excluding carboxylic acids is 2. The van der Waals surface area contributed by atoms with Crippen molar-refractivity contribution in [1.82, 2.24) is 14.4 Å². The van der Waals surface area contributed by atoms with Gasteiger partial charge in [-0.25, -0.2) is 0 Å². The van der Waals surface area contributed by atoms with Gasteiger partial charge in [-0.2, -0.15) is 0 Å². The molecule has 2 amide bonds. The molecule has 1 aromatic carbocycles. The number of fused-ring (bicyclic) bond motifs is 2. The lowest BCUT2D eigenvalue weighted by Crippen LogP contribution is -2.44. The maximum atomic E-state index is 12.9. The Morgan fingerprint density at radius 3 is 2.46 bits per heavy atom. The molecule has 2 heterocycles. The zero-order chi connectivity index (χ0) is 19.9. The smallest absolute Gasteiger partial charge is 0.270 e. The monoisotopic (exact) mass is 379 g/mol. The summed E-state index contributed by atoms with van der Waals surface area (Å²) in [6.45, 7) is 1.54. The first-order chi connectivity index (χ1) is 13.4. The number of rotatable bonds is 3. The molecular weight excluding hydrogens is 350 g/mol. The number of likely N-dealkylation sites (tertiary alicyclic amines) is 1. The summed E-state index contributed by atoms with van der Waals surface area (Å²) in [5.74, 6) is 0.586. The van der Waals surface area contributed by atoms with Crippen LogP contribution < -0.4 is 0 Å². The average Bonchev–Trinajstić information content (AvgIpc) is 3.24. The van der Waals surface area contributed by atoms with Crippen molar-refractivity contribution in [3.63, 3.8) is 0 Å². The number of aromatic nitrogens is 1. The van der Waals surface area contributed by atoms with Crippen molar-refractivity contribution in [2.75, 3.05) is 27.2 Å². The summed E-state index contributed by atoms with van der Waals surface area (Å²) in [7, 11) is 5.57. The topological polar surface area (TPSA) is 45.6 Å². The van der Waals surface area contributed by atoms with Crippen LogP contribution in [0.25, 0.3) is 0 Å². The maximum Gasteiger partial charge on any atom is 0.270 e. The first-order valence-electron chi connectivity index (χ1n) is 10.1. The third-order valence-corrected chi connectivity index (χ3v) is 6.70. The largest absolute Gasteiger partial charge is 0.349 e. The van der Waals surface area contributed by atoms with E-state index in [9.17, 15) is 9.59 Å². The van der Waals surface area contributed by atoms with Gasteiger partial charge in [-0.15, -0.1) is 0 Å². The number of amides is 2. The molecule has 1 aliphatic heterocycles. The summed E-state index contributed by atoms with van der Waals surface area (Å²) in [6.07, 6.45) is 5.42. The zero-order valence-corrected chi connectivity index (χ0v) is 17.0. The van der Waals surface area contributed by atoms with Gasteiger partial charge in [-0.05, 0) is 53.9 Å². The number of aryl methyl sites for hydroxylation is 1. The second-order valence-corrected chi connectivity index (χ2v) is 8.56. The van der Waals surface area contributed by atoms with Crippen LogP contribution in [0.4, 0.5) is 0 Å². The molecule has 2 aromatic rings. The number of benzene rings is 1. The molecule has 4 rings (SSSR count). The molecule has 1 fully saturated rings. The van der Waals surface area contributed by atoms with E-state index >= 15 is 0 Å². The zero-order valence-electron chi connectivity index (χ0n) is 17.0. The summed E-state index contributed by atoms with van der Waals surface area (Å²) < 4.78 is 1.89. The predicted octanol–water partition coefficient (Wildman–Crippen LogP) is 3.16. The van der Waals surface area contributed by atoms with Gasteiger partial charge in [0, 0.05) is 46.9 Å². The second-order valence-electron chi connectivity index (χ2n) is 8.56. The molecule has 1 spiro atoms. The number of nitrogens with zero attached hydrogens (tertiary/aromatic N) is 3. The SMILES string of the molecule is CN(C)C(=O)C[C@H]1CC2(CCN(C(=O)c3cccn3C)CC2)c2ccccc21. The molecular formula is C23H29N3O2. The highest BCUT2D eigenvalue weighted by atomic mass is 16.2. The van der Waals surface area contributed by atoms with Crippen LogP contribution in [-0.4, -0.2) is 53.4 Å². The lowest BCUT2D eigenvalue weighted by Gasteiger charge is -2.40. The van der Waals surface area contributed by atoms with E-state index in [4.69, 9.17) is 0 Å². The van der Waals surface area contributed by atoms with Crippen molar-refractivity contribution in [2.45, 2.75) is 37.0 Å². The quantitative estimate of drug-likeness (QED) is 0.822. The molecule has 148 valence electrons. The number of hydrogen-bond acceptors (Lipinski definition) is 2. The fraction of sp³-hybridized carbons (Fsp3) is 0.478. The van der Waals surface area contributed by atoms with Crippen molar-refractivity contribution in [3.05, 3.63) is 59.4 Å². The van der Waals surface area contributed by atoms with E-state index in [1.165, 1.54) is 11.1 Å². The summed E-state index contributed by atoms with van der Waals surface area (Å²) in [6, 6.07) is 12.4. The molecule has 2 aliphatic rings. The minimum absolute atomic E-state index is 0.0961. The molecule has 1 saturated heterocycles. The molecule has 0 N–H and O–H groups in total. The van der Waals surface area contributed by atoms with Gasteiger partial charge in [0.1, 0.15) is 5.69 Å². The Labute approximate surface area is 166 Å². The molecule has 0 bridgehead atoms. The normalized spacial score (nSPS) is 20.2. The van der Waals surface area contributed by atoms with E-state index in [0.29, 0.717) is 6.42 Å². The Morgan fingerprint density at radius 2 is 1.82 bits per heavy atom.